The number of rotatable bonds is 4. The molecule has 9 heteroatoms. The van der Waals surface area contributed by atoms with Gasteiger partial charge in [0, 0.05) is 23.1 Å². The van der Waals surface area contributed by atoms with Crippen LogP contribution in [0.15, 0.2) is 30.3 Å². The van der Waals surface area contributed by atoms with Crippen LogP contribution < -0.4 is 5.32 Å². The molecule has 1 aromatic heterocycles. The van der Waals surface area contributed by atoms with Crippen molar-refractivity contribution in [3.05, 3.63) is 53.2 Å². The SMILES string of the molecule is CC(C)(C)c1cc(NC(=O)/C=C/c2c(F)cccc2F)n([C@@H]2CCS(=O)(=O)C2)n1. The summed E-state index contributed by atoms with van der Waals surface area (Å²) in [6.07, 6.45) is 2.50. The molecule has 0 aliphatic carbocycles. The number of aromatic nitrogens is 2. The predicted molar refractivity (Wildman–Crippen MR) is 107 cm³/mol. The summed E-state index contributed by atoms with van der Waals surface area (Å²) < 4.78 is 52.7. The molecule has 0 bridgehead atoms. The van der Waals surface area contributed by atoms with Crippen molar-refractivity contribution < 1.29 is 22.0 Å². The molecule has 156 valence electrons. The number of hydrogen-bond acceptors (Lipinski definition) is 4. The van der Waals surface area contributed by atoms with Crippen LogP contribution in [0.2, 0.25) is 0 Å². The van der Waals surface area contributed by atoms with Crippen LogP contribution in [0.25, 0.3) is 6.08 Å². The van der Waals surface area contributed by atoms with Crippen molar-refractivity contribution in [3.63, 3.8) is 0 Å². The molecule has 29 heavy (non-hydrogen) atoms. The number of amides is 1. The van der Waals surface area contributed by atoms with Crippen LogP contribution in [0.5, 0.6) is 0 Å². The molecule has 0 radical (unpaired) electrons. The maximum atomic E-state index is 13.7. The predicted octanol–water partition coefficient (Wildman–Crippen LogP) is 3.47. The Bertz CT molecular complexity index is 1050. The minimum absolute atomic E-state index is 0.0442. The number of carbonyl (C=O) groups is 1. The van der Waals surface area contributed by atoms with Gasteiger partial charge in [0.25, 0.3) is 0 Å². The number of halogens is 2. The van der Waals surface area contributed by atoms with Crippen molar-refractivity contribution in [1.29, 1.82) is 0 Å². The number of hydrogen-bond donors (Lipinski definition) is 1. The van der Waals surface area contributed by atoms with E-state index in [0.717, 1.165) is 24.3 Å². The van der Waals surface area contributed by atoms with Gasteiger partial charge < -0.3 is 5.32 Å². The van der Waals surface area contributed by atoms with Crippen LogP contribution in [-0.2, 0) is 20.0 Å². The first kappa shape index (κ1) is 21.2. The van der Waals surface area contributed by atoms with E-state index >= 15 is 0 Å². The molecule has 0 saturated carbocycles. The van der Waals surface area contributed by atoms with Crippen molar-refractivity contribution in [1.82, 2.24) is 9.78 Å². The zero-order valence-corrected chi connectivity index (χ0v) is 17.3. The van der Waals surface area contributed by atoms with Gasteiger partial charge in [-0.2, -0.15) is 5.10 Å². The molecule has 1 amide bonds. The van der Waals surface area contributed by atoms with E-state index in [0.29, 0.717) is 17.9 Å². The lowest BCUT2D eigenvalue weighted by Crippen LogP contribution is -2.19. The van der Waals surface area contributed by atoms with E-state index in [2.05, 4.69) is 10.4 Å². The number of nitrogens with one attached hydrogen (secondary N) is 1. The summed E-state index contributed by atoms with van der Waals surface area (Å²) in [6.45, 7) is 5.87. The second-order valence-electron chi connectivity index (χ2n) is 8.12. The van der Waals surface area contributed by atoms with Gasteiger partial charge in [0.15, 0.2) is 9.84 Å². The average Bonchev–Trinajstić information content (AvgIpc) is 3.17. The van der Waals surface area contributed by atoms with Crippen LogP contribution in [0.1, 0.15) is 44.5 Å². The largest absolute Gasteiger partial charge is 0.307 e. The minimum atomic E-state index is -3.14. The summed E-state index contributed by atoms with van der Waals surface area (Å²) in [7, 11) is -3.14. The zero-order valence-electron chi connectivity index (χ0n) is 16.4. The van der Waals surface area contributed by atoms with E-state index in [1.54, 1.807) is 6.07 Å². The van der Waals surface area contributed by atoms with Gasteiger partial charge in [-0.3, -0.25) is 4.79 Å². The van der Waals surface area contributed by atoms with Gasteiger partial charge in [-0.15, -0.1) is 0 Å². The van der Waals surface area contributed by atoms with Gasteiger partial charge in [-0.1, -0.05) is 26.8 Å². The van der Waals surface area contributed by atoms with Crippen LogP contribution in [0, 0.1) is 11.6 Å². The summed E-state index contributed by atoms with van der Waals surface area (Å²) >= 11 is 0. The van der Waals surface area contributed by atoms with Gasteiger partial charge in [-0.05, 0) is 24.6 Å². The molecule has 2 heterocycles. The van der Waals surface area contributed by atoms with E-state index in [1.807, 2.05) is 20.8 Å². The van der Waals surface area contributed by atoms with Crippen LogP contribution in [-0.4, -0.2) is 35.6 Å². The highest BCUT2D eigenvalue weighted by Crippen LogP contribution is 2.30. The number of sulfone groups is 1. The van der Waals surface area contributed by atoms with E-state index in [1.165, 1.54) is 10.7 Å². The molecule has 1 fully saturated rings. The molecule has 0 spiro atoms. The first-order valence-electron chi connectivity index (χ1n) is 9.20. The molecule has 6 nitrogen and oxygen atoms in total. The monoisotopic (exact) mass is 423 g/mol. The zero-order chi connectivity index (χ0) is 21.4. The molecule has 1 saturated heterocycles. The number of nitrogens with zero attached hydrogens (tertiary/aromatic N) is 2. The highest BCUT2D eigenvalue weighted by atomic mass is 32.2. The molecule has 1 atom stereocenters. The minimum Gasteiger partial charge on any atom is -0.307 e. The summed E-state index contributed by atoms with van der Waals surface area (Å²) in [6, 6.07) is 4.77. The fourth-order valence-corrected chi connectivity index (χ4v) is 4.79. The van der Waals surface area contributed by atoms with Gasteiger partial charge in [0.2, 0.25) is 5.91 Å². The molecule has 1 aliphatic rings. The Labute approximate surface area is 168 Å². The fourth-order valence-electron chi connectivity index (χ4n) is 3.10. The third kappa shape index (κ3) is 4.90. The Kier molecular flexibility index (Phi) is 5.62. The van der Waals surface area contributed by atoms with E-state index in [9.17, 15) is 22.0 Å². The van der Waals surface area contributed by atoms with Crippen molar-refractivity contribution in [3.8, 4) is 0 Å². The molecule has 3 rings (SSSR count). The third-order valence-corrected chi connectivity index (χ3v) is 6.46. The van der Waals surface area contributed by atoms with E-state index in [-0.39, 0.29) is 28.5 Å². The summed E-state index contributed by atoms with van der Waals surface area (Å²) in [5, 5.41) is 7.17. The first-order chi connectivity index (χ1) is 13.5. The van der Waals surface area contributed by atoms with Gasteiger partial charge in [0.1, 0.15) is 17.5 Å². The Balaban J connectivity index is 1.86. The Morgan fingerprint density at radius 3 is 2.48 bits per heavy atom. The molecular weight excluding hydrogens is 400 g/mol. The Hall–Kier alpha value is -2.55. The van der Waals surface area contributed by atoms with Gasteiger partial charge >= 0.3 is 0 Å². The van der Waals surface area contributed by atoms with Crippen LogP contribution in [0.3, 0.4) is 0 Å². The summed E-state index contributed by atoms with van der Waals surface area (Å²) in [4.78, 5) is 12.4. The van der Waals surface area contributed by atoms with Gasteiger partial charge in [-0.25, -0.2) is 21.9 Å². The topological polar surface area (TPSA) is 81.1 Å². The first-order valence-corrected chi connectivity index (χ1v) is 11.0. The maximum absolute atomic E-state index is 13.7. The fraction of sp³-hybridized carbons (Fsp3) is 0.400. The van der Waals surface area contributed by atoms with Crippen molar-refractivity contribution in [2.45, 2.75) is 38.6 Å². The molecular formula is C20H23F2N3O3S. The second kappa shape index (κ2) is 7.70. The molecule has 1 aromatic carbocycles. The number of anilines is 1. The highest BCUT2D eigenvalue weighted by Gasteiger charge is 2.32. The number of benzene rings is 1. The summed E-state index contributed by atoms with van der Waals surface area (Å²) in [5.74, 6) is -1.77. The van der Waals surface area contributed by atoms with Gasteiger partial charge in [0.05, 0.1) is 23.2 Å². The highest BCUT2D eigenvalue weighted by molar-refractivity contribution is 7.91. The van der Waals surface area contributed by atoms with Crippen molar-refractivity contribution in [2.75, 3.05) is 16.8 Å². The molecule has 0 unspecified atom stereocenters. The van der Waals surface area contributed by atoms with Crippen molar-refractivity contribution >= 4 is 27.6 Å². The summed E-state index contributed by atoms with van der Waals surface area (Å²) in [5.41, 5.74) is 0.0728. The molecule has 1 N–H and O–H groups in total. The Morgan fingerprint density at radius 2 is 1.93 bits per heavy atom. The standard InChI is InChI=1S/C20H23F2N3O3S/c1-20(2,3)17-11-18(25(24-17)13-9-10-29(27,28)12-13)23-19(26)8-7-14-15(21)5-4-6-16(14)22/h4-8,11,13H,9-10,12H2,1-3H3,(H,23,26)/b8-7+/t13-/m1/s1. The van der Waals surface area contributed by atoms with Crippen molar-refractivity contribution in [2.24, 2.45) is 0 Å². The number of carbonyl (C=O) groups excluding carboxylic acids is 1. The maximum Gasteiger partial charge on any atom is 0.249 e. The smallest absolute Gasteiger partial charge is 0.249 e. The lowest BCUT2D eigenvalue weighted by molar-refractivity contribution is -0.111. The van der Waals surface area contributed by atoms with Crippen LogP contribution in [0.4, 0.5) is 14.6 Å². The normalized spacial score (nSPS) is 19.0. The molecule has 1 aliphatic heterocycles. The average molecular weight is 423 g/mol. The van der Waals surface area contributed by atoms with Crippen LogP contribution >= 0.6 is 0 Å². The molecule has 2 aromatic rings. The second-order valence-corrected chi connectivity index (χ2v) is 10.4. The van der Waals surface area contributed by atoms with E-state index in [4.69, 9.17) is 0 Å². The lowest BCUT2D eigenvalue weighted by atomic mass is 9.92. The third-order valence-electron chi connectivity index (χ3n) is 4.71. The lowest BCUT2D eigenvalue weighted by Gasteiger charge is -2.15. The Morgan fingerprint density at radius 1 is 1.28 bits per heavy atom. The van der Waals surface area contributed by atoms with E-state index < -0.39 is 27.4 Å². The quantitative estimate of drug-likeness (QED) is 0.764.